The zero-order chi connectivity index (χ0) is 22.2. The first-order valence-electron chi connectivity index (χ1n) is 9.45. The molecule has 1 N–H and O–H groups in total. The van der Waals surface area contributed by atoms with Crippen LogP contribution in [0.3, 0.4) is 0 Å². The van der Waals surface area contributed by atoms with Crippen LogP contribution in [0.25, 0.3) is 5.57 Å². The van der Waals surface area contributed by atoms with E-state index < -0.39 is 24.1 Å². The number of fused-ring (bicyclic) bond motifs is 1. The highest BCUT2D eigenvalue weighted by atomic mass is 19.4. The van der Waals surface area contributed by atoms with E-state index in [4.69, 9.17) is 0 Å². The number of hydrazone groups is 1. The number of benzene rings is 1. The Bertz CT molecular complexity index is 1130. The fourth-order valence-corrected chi connectivity index (χ4v) is 3.14. The average Bonchev–Trinajstić information content (AvgIpc) is 2.72. The normalized spacial score (nSPS) is 23.3. The predicted molar refractivity (Wildman–Crippen MR) is 111 cm³/mol. The number of alkyl halides is 3. The summed E-state index contributed by atoms with van der Waals surface area (Å²) in [5.74, 6) is 0.129. The molecule has 0 fully saturated rings. The van der Waals surface area contributed by atoms with Gasteiger partial charge in [-0.1, -0.05) is 35.9 Å². The number of aryl methyl sites for hydroxylation is 1. The first-order valence-corrected chi connectivity index (χ1v) is 9.45. The van der Waals surface area contributed by atoms with Crippen molar-refractivity contribution >= 4 is 23.2 Å². The van der Waals surface area contributed by atoms with Crippen molar-refractivity contribution in [3.63, 3.8) is 0 Å². The van der Waals surface area contributed by atoms with E-state index in [0.29, 0.717) is 5.71 Å². The Hall–Kier alpha value is -3.75. The lowest BCUT2D eigenvalue weighted by Gasteiger charge is -2.31. The molecule has 0 saturated heterocycles. The number of amides is 2. The third-order valence-electron chi connectivity index (χ3n) is 4.77. The molecule has 3 heterocycles. The van der Waals surface area contributed by atoms with Crippen molar-refractivity contribution in [2.24, 2.45) is 10.1 Å². The number of hydrogen-bond donors (Lipinski definition) is 1. The smallest absolute Gasteiger partial charge is 0.344 e. The Morgan fingerprint density at radius 3 is 2.35 bits per heavy atom. The van der Waals surface area contributed by atoms with Crippen molar-refractivity contribution < 1.29 is 18.0 Å². The summed E-state index contributed by atoms with van der Waals surface area (Å²) in [5, 5.41) is 8.57. The zero-order valence-corrected chi connectivity index (χ0v) is 16.7. The van der Waals surface area contributed by atoms with E-state index in [0.717, 1.165) is 29.0 Å². The zero-order valence-electron chi connectivity index (χ0n) is 16.7. The summed E-state index contributed by atoms with van der Waals surface area (Å²) in [7, 11) is 0. The van der Waals surface area contributed by atoms with Crippen molar-refractivity contribution in [1.82, 2.24) is 15.3 Å². The molecule has 0 saturated carbocycles. The van der Waals surface area contributed by atoms with Gasteiger partial charge in [0.2, 0.25) is 0 Å². The van der Waals surface area contributed by atoms with Crippen LogP contribution < -0.4 is 5.32 Å². The monoisotopic (exact) mass is 425 g/mol. The second-order valence-electron chi connectivity index (χ2n) is 7.17. The van der Waals surface area contributed by atoms with Crippen molar-refractivity contribution in [2.75, 3.05) is 0 Å². The maximum atomic E-state index is 12.8. The second kappa shape index (κ2) is 7.82. The van der Waals surface area contributed by atoms with Gasteiger partial charge in [-0.3, -0.25) is 4.98 Å². The summed E-state index contributed by atoms with van der Waals surface area (Å²) in [6, 6.07) is 9.38. The highest BCUT2D eigenvalue weighted by Gasteiger charge is 2.33. The molecule has 1 atom stereocenters. The topological polar surface area (TPSA) is 70.0 Å². The first kappa shape index (κ1) is 20.5. The fourth-order valence-electron chi connectivity index (χ4n) is 3.14. The summed E-state index contributed by atoms with van der Waals surface area (Å²) >= 11 is 0. The van der Waals surface area contributed by atoms with Crippen LogP contribution in [0.2, 0.25) is 0 Å². The van der Waals surface area contributed by atoms with E-state index in [9.17, 15) is 18.0 Å². The van der Waals surface area contributed by atoms with Crippen LogP contribution in [0.15, 0.2) is 70.9 Å². The van der Waals surface area contributed by atoms with E-state index in [-0.39, 0.29) is 11.4 Å². The number of aromatic nitrogens is 1. The largest absolute Gasteiger partial charge is 0.433 e. The molecule has 2 aliphatic rings. The highest BCUT2D eigenvalue weighted by molar-refractivity contribution is 6.07. The lowest BCUT2D eigenvalue weighted by Crippen LogP contribution is -2.51. The number of carbonyl (C=O) groups excluding carboxylic acids is 1. The van der Waals surface area contributed by atoms with Gasteiger partial charge in [0.05, 0.1) is 5.71 Å². The third-order valence-corrected chi connectivity index (χ3v) is 4.77. The van der Waals surface area contributed by atoms with Crippen molar-refractivity contribution in [1.29, 1.82) is 0 Å². The summed E-state index contributed by atoms with van der Waals surface area (Å²) in [6.07, 6.45) is 1.34. The van der Waals surface area contributed by atoms with Gasteiger partial charge < -0.3 is 5.32 Å². The number of amidine groups is 1. The first-order chi connectivity index (χ1) is 14.7. The third kappa shape index (κ3) is 4.40. The van der Waals surface area contributed by atoms with Crippen LogP contribution in [-0.4, -0.2) is 33.7 Å². The number of aliphatic imine (C=N–C) groups is 1. The van der Waals surface area contributed by atoms with Crippen LogP contribution in [0.5, 0.6) is 0 Å². The minimum absolute atomic E-state index is 0.129. The van der Waals surface area contributed by atoms with Crippen LogP contribution in [0.4, 0.5) is 18.0 Å². The molecule has 2 amide bonds. The molecule has 1 aromatic heterocycles. The van der Waals surface area contributed by atoms with Gasteiger partial charge >= 0.3 is 12.2 Å². The molecule has 2 aliphatic heterocycles. The van der Waals surface area contributed by atoms with Gasteiger partial charge in [0.15, 0.2) is 0 Å². The van der Waals surface area contributed by atoms with Crippen LogP contribution in [0.1, 0.15) is 29.3 Å². The molecule has 9 heteroatoms. The molecule has 31 heavy (non-hydrogen) atoms. The van der Waals surface area contributed by atoms with E-state index in [1.807, 2.05) is 43.3 Å². The lowest BCUT2D eigenvalue weighted by atomic mass is 10.0. The molecule has 0 bridgehead atoms. The summed E-state index contributed by atoms with van der Waals surface area (Å²) in [5.41, 5.74) is 2.78. The second-order valence-corrected chi connectivity index (χ2v) is 7.17. The van der Waals surface area contributed by atoms with Crippen LogP contribution in [0, 0.1) is 6.92 Å². The number of allylic oxidation sites excluding steroid dienone is 3. The number of nitrogens with zero attached hydrogens (tertiary/aromatic N) is 4. The van der Waals surface area contributed by atoms with E-state index >= 15 is 0 Å². The SMILES string of the molecule is CC1=N/N2C(=O)N=C(c3ccc(C(F)(F)F)nc3)NC2/C=C(c2ccc(C)cc2)/C=C\1. The number of halogens is 3. The Labute approximate surface area is 176 Å². The summed E-state index contributed by atoms with van der Waals surface area (Å²) < 4.78 is 38.4. The van der Waals surface area contributed by atoms with Crippen LogP contribution >= 0.6 is 0 Å². The molecule has 2 aromatic rings. The van der Waals surface area contributed by atoms with Crippen molar-refractivity contribution in [3.05, 3.63) is 83.2 Å². The number of carbonyl (C=O) groups is 1. The number of urea groups is 1. The molecule has 6 nitrogen and oxygen atoms in total. The van der Waals surface area contributed by atoms with E-state index in [2.05, 4.69) is 20.4 Å². The molecule has 0 aliphatic carbocycles. The Morgan fingerprint density at radius 1 is 1.00 bits per heavy atom. The van der Waals surface area contributed by atoms with E-state index in [1.54, 1.807) is 13.0 Å². The van der Waals surface area contributed by atoms with Gasteiger partial charge in [-0.25, -0.2) is 4.79 Å². The molecule has 158 valence electrons. The van der Waals surface area contributed by atoms with Crippen LogP contribution in [-0.2, 0) is 6.18 Å². The van der Waals surface area contributed by atoms with Gasteiger partial charge in [-0.2, -0.15) is 28.3 Å². The summed E-state index contributed by atoms with van der Waals surface area (Å²) in [4.78, 5) is 20.1. The van der Waals surface area contributed by atoms with Gasteiger partial charge in [0.25, 0.3) is 0 Å². The molecular weight excluding hydrogens is 407 g/mol. The van der Waals surface area contributed by atoms with Crippen molar-refractivity contribution in [3.8, 4) is 0 Å². The van der Waals surface area contributed by atoms with E-state index in [1.165, 1.54) is 11.1 Å². The average molecular weight is 425 g/mol. The Balaban J connectivity index is 1.71. The quantitative estimate of drug-likeness (QED) is 0.768. The molecule has 0 spiro atoms. The highest BCUT2D eigenvalue weighted by Crippen LogP contribution is 2.27. The summed E-state index contributed by atoms with van der Waals surface area (Å²) in [6.45, 7) is 3.75. The number of hydrogen-bond acceptors (Lipinski definition) is 4. The van der Waals surface area contributed by atoms with Gasteiger partial charge in [-0.15, -0.1) is 0 Å². The minimum atomic E-state index is -4.54. The minimum Gasteiger partial charge on any atom is -0.344 e. The maximum Gasteiger partial charge on any atom is 0.433 e. The van der Waals surface area contributed by atoms with Gasteiger partial charge in [0.1, 0.15) is 17.7 Å². The molecule has 1 aromatic carbocycles. The van der Waals surface area contributed by atoms with Gasteiger partial charge in [-0.05, 0) is 49.3 Å². The Kier molecular flexibility index (Phi) is 5.18. The Morgan fingerprint density at radius 2 is 1.71 bits per heavy atom. The molecule has 1 unspecified atom stereocenters. The number of rotatable bonds is 2. The predicted octanol–water partition coefficient (Wildman–Crippen LogP) is 4.54. The lowest BCUT2D eigenvalue weighted by molar-refractivity contribution is -0.141. The molecular formula is C22H18F3N5O. The molecule has 0 radical (unpaired) electrons. The fraction of sp³-hybridized carbons (Fsp3) is 0.182. The number of nitrogens with one attached hydrogen (secondary N) is 1. The molecule has 4 rings (SSSR count). The number of pyridine rings is 1. The van der Waals surface area contributed by atoms with Crippen molar-refractivity contribution in [2.45, 2.75) is 26.2 Å². The standard InChI is InChI=1S/C22H18F3N5O/c1-13-3-6-15(7-4-13)16-8-5-14(2)29-30-19(11-16)27-20(28-21(30)31)17-9-10-18(26-12-17)22(23,24)25/h3-12,19H,1-2H3,(H,27,28,31)/b8-5-,16-11-,29-14-. The van der Waals surface area contributed by atoms with Gasteiger partial charge in [0, 0.05) is 11.8 Å². The maximum absolute atomic E-state index is 12.8.